The summed E-state index contributed by atoms with van der Waals surface area (Å²) in [5.74, 6) is 1.37. The van der Waals surface area contributed by atoms with Gasteiger partial charge in [0.05, 0.1) is 16.8 Å². The van der Waals surface area contributed by atoms with Crippen molar-refractivity contribution in [1.82, 2.24) is 14.7 Å². The van der Waals surface area contributed by atoms with E-state index in [1.165, 1.54) is 16.6 Å². The zero-order valence-corrected chi connectivity index (χ0v) is 16.2. The molecule has 25 heavy (non-hydrogen) atoms. The first kappa shape index (κ1) is 18.2. The van der Waals surface area contributed by atoms with Crippen LogP contribution in [0, 0.1) is 6.92 Å². The summed E-state index contributed by atoms with van der Waals surface area (Å²) >= 11 is 3.09. The topological polar surface area (TPSA) is 70.2 Å². The fourth-order valence-electron chi connectivity index (χ4n) is 2.52. The van der Waals surface area contributed by atoms with Crippen molar-refractivity contribution in [2.75, 3.05) is 13.7 Å². The van der Waals surface area contributed by atoms with Crippen LogP contribution in [0.3, 0.4) is 0 Å². The quantitative estimate of drug-likeness (QED) is 0.338. The first-order chi connectivity index (χ1) is 12.1. The van der Waals surface area contributed by atoms with E-state index in [2.05, 4.69) is 12.1 Å². The number of rotatable bonds is 8. The molecular weight excluding hydrogens is 358 g/mol. The molecule has 0 saturated carbocycles. The van der Waals surface area contributed by atoms with Gasteiger partial charge in [0.15, 0.2) is 5.16 Å². The fraction of sp³-hybridized carbons (Fsp3) is 0.471. The lowest BCUT2D eigenvalue weighted by atomic mass is 10.3. The van der Waals surface area contributed by atoms with Crippen LogP contribution in [0.15, 0.2) is 26.6 Å². The van der Waals surface area contributed by atoms with E-state index in [4.69, 9.17) is 14.2 Å². The van der Waals surface area contributed by atoms with E-state index in [1.54, 1.807) is 23.0 Å². The zero-order chi connectivity index (χ0) is 17.8. The van der Waals surface area contributed by atoms with Crippen LogP contribution < -0.4 is 5.56 Å². The lowest BCUT2D eigenvalue weighted by molar-refractivity contribution is 0.189. The molecule has 134 valence electrons. The van der Waals surface area contributed by atoms with Gasteiger partial charge in [-0.3, -0.25) is 9.36 Å². The summed E-state index contributed by atoms with van der Waals surface area (Å²) < 4.78 is 12.1. The van der Waals surface area contributed by atoms with Gasteiger partial charge in [0.1, 0.15) is 10.6 Å². The summed E-state index contributed by atoms with van der Waals surface area (Å²) in [5.41, 5.74) is 0.871. The minimum atomic E-state index is 0.0216. The number of hydrogen-bond acceptors (Lipinski definition) is 7. The van der Waals surface area contributed by atoms with Gasteiger partial charge in [-0.25, -0.2) is 4.98 Å². The molecule has 3 aromatic heterocycles. The van der Waals surface area contributed by atoms with Gasteiger partial charge in [0.25, 0.3) is 5.56 Å². The second kappa shape index (κ2) is 8.16. The van der Waals surface area contributed by atoms with E-state index < -0.39 is 0 Å². The number of nitrogens with zero attached hydrogens (tertiary/aromatic N) is 3. The molecule has 3 rings (SSSR count). The lowest BCUT2D eigenvalue weighted by Gasteiger charge is -2.11. The lowest BCUT2D eigenvalue weighted by Crippen LogP contribution is -2.23. The maximum absolute atomic E-state index is 12.9. The van der Waals surface area contributed by atoms with Crippen molar-refractivity contribution < 1.29 is 9.26 Å². The SMILES string of the molecule is CCc1cc2c(=O)n(CCCOC)c(SCc3cc(C)no3)nc2s1. The number of thiophene rings is 1. The Morgan fingerprint density at radius 2 is 2.24 bits per heavy atom. The van der Waals surface area contributed by atoms with Gasteiger partial charge in [-0.15, -0.1) is 11.3 Å². The van der Waals surface area contributed by atoms with Gasteiger partial charge in [0.2, 0.25) is 0 Å². The van der Waals surface area contributed by atoms with Crippen LogP contribution in [-0.2, 0) is 23.5 Å². The van der Waals surface area contributed by atoms with Crippen LogP contribution in [0.4, 0.5) is 0 Å². The van der Waals surface area contributed by atoms with Crippen LogP contribution in [-0.4, -0.2) is 28.4 Å². The molecule has 8 heteroatoms. The molecule has 0 aliphatic rings. The highest BCUT2D eigenvalue weighted by atomic mass is 32.2. The monoisotopic (exact) mass is 379 g/mol. The number of hydrogen-bond donors (Lipinski definition) is 0. The molecule has 0 unspecified atom stereocenters. The number of aryl methyl sites for hydroxylation is 2. The Kier molecular flexibility index (Phi) is 5.93. The van der Waals surface area contributed by atoms with Gasteiger partial charge in [0, 0.05) is 31.2 Å². The number of ether oxygens (including phenoxy) is 1. The van der Waals surface area contributed by atoms with Crippen molar-refractivity contribution in [3.8, 4) is 0 Å². The zero-order valence-electron chi connectivity index (χ0n) is 14.6. The minimum absolute atomic E-state index is 0.0216. The highest BCUT2D eigenvalue weighted by Gasteiger charge is 2.15. The molecule has 0 aliphatic carbocycles. The smallest absolute Gasteiger partial charge is 0.262 e. The van der Waals surface area contributed by atoms with Crippen molar-refractivity contribution in [3.05, 3.63) is 38.8 Å². The average Bonchev–Trinajstić information content (AvgIpc) is 3.21. The Morgan fingerprint density at radius 1 is 1.40 bits per heavy atom. The summed E-state index contributed by atoms with van der Waals surface area (Å²) in [7, 11) is 1.67. The maximum atomic E-state index is 12.9. The number of methoxy groups -OCH3 is 1. The van der Waals surface area contributed by atoms with Crippen molar-refractivity contribution in [2.45, 2.75) is 44.1 Å². The Hall–Kier alpha value is -1.64. The van der Waals surface area contributed by atoms with E-state index in [9.17, 15) is 4.79 Å². The second-order valence-electron chi connectivity index (χ2n) is 5.71. The molecule has 0 spiro atoms. The minimum Gasteiger partial charge on any atom is -0.385 e. The summed E-state index contributed by atoms with van der Waals surface area (Å²) in [6.07, 6.45) is 1.67. The van der Waals surface area contributed by atoms with Gasteiger partial charge in [-0.05, 0) is 25.8 Å². The first-order valence-electron chi connectivity index (χ1n) is 8.19. The molecule has 0 bridgehead atoms. The third-order valence-corrected chi connectivity index (χ3v) is 5.94. The van der Waals surface area contributed by atoms with E-state index in [0.29, 0.717) is 29.4 Å². The molecule has 0 aliphatic heterocycles. The summed E-state index contributed by atoms with van der Waals surface area (Å²) in [4.78, 5) is 19.7. The van der Waals surface area contributed by atoms with E-state index in [1.807, 2.05) is 19.1 Å². The van der Waals surface area contributed by atoms with E-state index in [-0.39, 0.29) is 5.56 Å². The van der Waals surface area contributed by atoms with Crippen molar-refractivity contribution in [3.63, 3.8) is 0 Å². The van der Waals surface area contributed by atoms with Crippen LogP contribution in [0.25, 0.3) is 10.2 Å². The van der Waals surface area contributed by atoms with Gasteiger partial charge < -0.3 is 9.26 Å². The van der Waals surface area contributed by atoms with E-state index >= 15 is 0 Å². The predicted octanol–water partition coefficient (Wildman–Crippen LogP) is 3.65. The van der Waals surface area contributed by atoms with Crippen molar-refractivity contribution in [2.24, 2.45) is 0 Å². The van der Waals surface area contributed by atoms with Crippen LogP contribution in [0.2, 0.25) is 0 Å². The van der Waals surface area contributed by atoms with Crippen LogP contribution in [0.1, 0.15) is 29.7 Å². The molecule has 3 aromatic rings. The Balaban J connectivity index is 1.94. The summed E-state index contributed by atoms with van der Waals surface area (Å²) in [5, 5.41) is 5.32. The first-order valence-corrected chi connectivity index (χ1v) is 9.99. The highest BCUT2D eigenvalue weighted by molar-refractivity contribution is 7.98. The number of aromatic nitrogens is 3. The molecule has 0 fully saturated rings. The molecule has 0 aromatic carbocycles. The van der Waals surface area contributed by atoms with Crippen LogP contribution in [0.5, 0.6) is 0 Å². The Bertz CT molecular complexity index is 914. The third-order valence-electron chi connectivity index (χ3n) is 3.77. The molecule has 0 saturated heterocycles. The standard InChI is InChI=1S/C17H21N3O3S2/c1-4-13-9-14-15(25-13)18-17(20(16(14)21)6-5-7-22-3)24-10-12-8-11(2)19-23-12/h8-9H,4-7,10H2,1-3H3. The fourth-order valence-corrected chi connectivity index (χ4v) is 4.42. The Labute approximate surface area is 154 Å². The number of thioether (sulfide) groups is 1. The second-order valence-corrected chi connectivity index (χ2v) is 7.76. The van der Waals surface area contributed by atoms with Gasteiger partial charge >= 0.3 is 0 Å². The molecule has 3 heterocycles. The van der Waals surface area contributed by atoms with Crippen LogP contribution >= 0.6 is 23.1 Å². The number of fused-ring (bicyclic) bond motifs is 1. The molecule has 0 atom stereocenters. The summed E-state index contributed by atoms with van der Waals surface area (Å²) in [6, 6.07) is 3.87. The van der Waals surface area contributed by atoms with Gasteiger partial charge in [-0.2, -0.15) is 0 Å². The Morgan fingerprint density at radius 3 is 2.92 bits per heavy atom. The highest BCUT2D eigenvalue weighted by Crippen LogP contribution is 2.27. The van der Waals surface area contributed by atoms with Gasteiger partial charge in [-0.1, -0.05) is 23.8 Å². The largest absolute Gasteiger partial charge is 0.385 e. The normalized spacial score (nSPS) is 11.5. The molecule has 0 amide bonds. The van der Waals surface area contributed by atoms with Crippen molar-refractivity contribution in [1.29, 1.82) is 0 Å². The molecule has 0 radical (unpaired) electrons. The maximum Gasteiger partial charge on any atom is 0.262 e. The predicted molar refractivity (Wildman–Crippen MR) is 101 cm³/mol. The van der Waals surface area contributed by atoms with Crippen molar-refractivity contribution >= 4 is 33.3 Å². The molecule has 6 nitrogen and oxygen atoms in total. The average molecular weight is 380 g/mol. The van der Waals surface area contributed by atoms with E-state index in [0.717, 1.165) is 29.1 Å². The summed E-state index contributed by atoms with van der Waals surface area (Å²) in [6.45, 7) is 5.18. The third kappa shape index (κ3) is 4.13. The molecular formula is C17H21N3O3S2. The molecule has 0 N–H and O–H groups in total.